The van der Waals surface area contributed by atoms with Crippen LogP contribution in [-0.4, -0.2) is 58.7 Å². The van der Waals surface area contributed by atoms with Crippen LogP contribution in [0.3, 0.4) is 0 Å². The summed E-state index contributed by atoms with van der Waals surface area (Å²) in [5.41, 5.74) is 1.11. The average Bonchev–Trinajstić information content (AvgIpc) is 3.29. The number of carbonyl (C=O) groups is 3. The highest BCUT2D eigenvalue weighted by Crippen LogP contribution is 2.25. The van der Waals surface area contributed by atoms with Crippen LogP contribution < -0.4 is 5.32 Å². The minimum Gasteiger partial charge on any atom is -0.332 e. The number of hydrogen-bond acceptors (Lipinski definition) is 5. The van der Waals surface area contributed by atoms with Crippen LogP contribution in [0.4, 0.5) is 5.69 Å². The van der Waals surface area contributed by atoms with Crippen molar-refractivity contribution in [2.75, 3.05) is 25.5 Å². The molecule has 3 aromatic rings. The number of benzene rings is 2. The molecule has 3 amide bonds. The summed E-state index contributed by atoms with van der Waals surface area (Å²) in [5.74, 6) is -1.39. The van der Waals surface area contributed by atoms with E-state index in [4.69, 9.17) is 0 Å². The van der Waals surface area contributed by atoms with Crippen LogP contribution in [0.5, 0.6) is 0 Å². The van der Waals surface area contributed by atoms with Gasteiger partial charge in [-0.2, -0.15) is 5.26 Å². The second-order valence-corrected chi connectivity index (χ2v) is 8.08. The zero-order chi connectivity index (χ0) is 23.4. The van der Waals surface area contributed by atoms with E-state index < -0.39 is 12.0 Å². The summed E-state index contributed by atoms with van der Waals surface area (Å²) in [4.78, 5) is 45.2. The van der Waals surface area contributed by atoms with E-state index >= 15 is 0 Å². The Morgan fingerprint density at radius 3 is 2.70 bits per heavy atom. The van der Waals surface area contributed by atoms with Gasteiger partial charge in [-0.3, -0.25) is 19.4 Å². The monoisotopic (exact) mass is 441 g/mol. The normalized spacial score (nSPS) is 17.4. The van der Waals surface area contributed by atoms with Gasteiger partial charge in [-0.15, -0.1) is 0 Å². The largest absolute Gasteiger partial charge is 0.332 e. The quantitative estimate of drug-likeness (QED) is 0.655. The van der Waals surface area contributed by atoms with Crippen molar-refractivity contribution in [2.45, 2.75) is 12.5 Å². The van der Waals surface area contributed by atoms with Gasteiger partial charge in [-0.05, 0) is 42.1 Å². The van der Waals surface area contributed by atoms with Crippen molar-refractivity contribution in [1.82, 2.24) is 14.8 Å². The second-order valence-electron chi connectivity index (χ2n) is 8.08. The Morgan fingerprint density at radius 2 is 1.94 bits per heavy atom. The molecule has 166 valence electrons. The minimum absolute atomic E-state index is 0.138. The molecule has 0 spiro atoms. The third kappa shape index (κ3) is 4.83. The van der Waals surface area contributed by atoms with E-state index in [-0.39, 0.29) is 37.2 Å². The van der Waals surface area contributed by atoms with Gasteiger partial charge < -0.3 is 15.1 Å². The number of likely N-dealkylation sites (N-methyl/N-ethyl adjacent to an activating group) is 1. The lowest BCUT2D eigenvalue weighted by molar-refractivity contribution is -0.131. The molecule has 1 aliphatic rings. The Morgan fingerprint density at radius 1 is 1.15 bits per heavy atom. The standard InChI is InChI=1S/C25H23N5O3/c1-29(25(33)18-8-7-17-9-10-27-14-19(17)11-18)16-23(31)30-15-20(12-22(30)13-26)24(32)28-21-5-3-2-4-6-21/h2-11,14,20,22H,12,15-16H2,1H3,(H,28,32). The van der Waals surface area contributed by atoms with Crippen molar-refractivity contribution in [3.63, 3.8) is 0 Å². The third-order valence-electron chi connectivity index (χ3n) is 5.79. The fourth-order valence-corrected chi connectivity index (χ4v) is 3.99. The molecule has 1 N–H and O–H groups in total. The van der Waals surface area contributed by atoms with Crippen LogP contribution in [0.25, 0.3) is 10.8 Å². The van der Waals surface area contributed by atoms with E-state index in [0.29, 0.717) is 11.3 Å². The molecule has 2 heterocycles. The van der Waals surface area contributed by atoms with Gasteiger partial charge in [0.05, 0.1) is 18.5 Å². The third-order valence-corrected chi connectivity index (χ3v) is 5.79. The molecule has 1 aromatic heterocycles. The van der Waals surface area contributed by atoms with E-state index in [1.165, 1.54) is 9.80 Å². The molecule has 0 radical (unpaired) electrons. The van der Waals surface area contributed by atoms with Crippen LogP contribution in [-0.2, 0) is 9.59 Å². The molecule has 1 saturated heterocycles. The number of anilines is 1. The molecule has 2 aromatic carbocycles. The summed E-state index contributed by atoms with van der Waals surface area (Å²) < 4.78 is 0. The number of hydrogen-bond donors (Lipinski definition) is 1. The summed E-state index contributed by atoms with van der Waals surface area (Å²) in [6.07, 6.45) is 3.62. The first-order chi connectivity index (χ1) is 16.0. The first kappa shape index (κ1) is 22.0. The summed E-state index contributed by atoms with van der Waals surface area (Å²) in [6, 6.07) is 17.6. The van der Waals surface area contributed by atoms with Gasteiger partial charge in [0.1, 0.15) is 6.04 Å². The molecule has 2 unspecified atom stereocenters. The van der Waals surface area contributed by atoms with Crippen LogP contribution in [0.1, 0.15) is 16.8 Å². The molecule has 8 heteroatoms. The molecule has 1 fully saturated rings. The molecule has 2 atom stereocenters. The molecular formula is C25H23N5O3. The lowest BCUT2D eigenvalue weighted by atomic mass is 10.1. The van der Waals surface area contributed by atoms with E-state index in [9.17, 15) is 19.6 Å². The van der Waals surface area contributed by atoms with Crippen LogP contribution >= 0.6 is 0 Å². The average molecular weight is 441 g/mol. The Hall–Kier alpha value is -4.25. The predicted molar refractivity (Wildman–Crippen MR) is 123 cm³/mol. The number of fused-ring (bicyclic) bond motifs is 1. The van der Waals surface area contributed by atoms with Gasteiger partial charge in [0.25, 0.3) is 5.91 Å². The Kier molecular flexibility index (Phi) is 6.31. The number of amides is 3. The Labute approximate surface area is 191 Å². The smallest absolute Gasteiger partial charge is 0.254 e. The molecule has 0 saturated carbocycles. The maximum absolute atomic E-state index is 12.9. The number of para-hydroxylation sites is 1. The number of rotatable bonds is 5. The van der Waals surface area contributed by atoms with E-state index in [2.05, 4.69) is 16.4 Å². The number of nitriles is 1. The van der Waals surface area contributed by atoms with Crippen LogP contribution in [0, 0.1) is 17.2 Å². The summed E-state index contributed by atoms with van der Waals surface area (Å²) >= 11 is 0. The summed E-state index contributed by atoms with van der Waals surface area (Å²) in [5, 5.41) is 14.2. The topological polar surface area (TPSA) is 106 Å². The van der Waals surface area contributed by atoms with Gasteiger partial charge in [-0.1, -0.05) is 24.3 Å². The zero-order valence-electron chi connectivity index (χ0n) is 18.1. The lowest BCUT2D eigenvalue weighted by Gasteiger charge is -2.24. The molecule has 0 aliphatic carbocycles. The van der Waals surface area contributed by atoms with Crippen molar-refractivity contribution in [2.24, 2.45) is 5.92 Å². The number of carbonyl (C=O) groups excluding carboxylic acids is 3. The van der Waals surface area contributed by atoms with Crippen molar-refractivity contribution in [1.29, 1.82) is 5.26 Å². The molecule has 0 bridgehead atoms. The molecule has 4 rings (SSSR count). The van der Waals surface area contributed by atoms with Crippen molar-refractivity contribution in [3.8, 4) is 6.07 Å². The number of nitrogens with zero attached hydrogens (tertiary/aromatic N) is 4. The highest BCUT2D eigenvalue weighted by molar-refractivity contribution is 6.00. The lowest BCUT2D eigenvalue weighted by Crippen LogP contribution is -2.43. The van der Waals surface area contributed by atoms with Crippen molar-refractivity contribution < 1.29 is 14.4 Å². The Balaban J connectivity index is 1.40. The van der Waals surface area contributed by atoms with Gasteiger partial charge in [0.2, 0.25) is 11.8 Å². The zero-order valence-corrected chi connectivity index (χ0v) is 18.1. The second kappa shape index (κ2) is 9.49. The number of aromatic nitrogens is 1. The molecular weight excluding hydrogens is 418 g/mol. The first-order valence-electron chi connectivity index (χ1n) is 10.6. The van der Waals surface area contributed by atoms with Gasteiger partial charge in [0.15, 0.2) is 0 Å². The fraction of sp³-hybridized carbons (Fsp3) is 0.240. The number of pyridine rings is 1. The highest BCUT2D eigenvalue weighted by atomic mass is 16.2. The van der Waals surface area contributed by atoms with Crippen molar-refractivity contribution in [3.05, 3.63) is 72.6 Å². The number of nitrogens with one attached hydrogen (secondary N) is 1. The SMILES string of the molecule is CN(CC(=O)N1CC(C(=O)Nc2ccccc2)CC1C#N)C(=O)c1ccc2ccncc2c1. The number of likely N-dealkylation sites (tertiary alicyclic amines) is 1. The summed E-state index contributed by atoms with van der Waals surface area (Å²) in [7, 11) is 1.55. The van der Waals surface area contributed by atoms with E-state index in [1.54, 1.807) is 43.7 Å². The van der Waals surface area contributed by atoms with Crippen molar-refractivity contribution >= 4 is 34.2 Å². The van der Waals surface area contributed by atoms with Crippen LogP contribution in [0.2, 0.25) is 0 Å². The van der Waals surface area contributed by atoms with E-state index in [0.717, 1.165) is 10.8 Å². The summed E-state index contributed by atoms with van der Waals surface area (Å²) in [6.45, 7) is -0.0471. The maximum Gasteiger partial charge on any atom is 0.254 e. The highest BCUT2D eigenvalue weighted by Gasteiger charge is 2.39. The maximum atomic E-state index is 12.9. The Bertz CT molecular complexity index is 1240. The van der Waals surface area contributed by atoms with Gasteiger partial charge in [-0.25, -0.2) is 0 Å². The molecule has 8 nitrogen and oxygen atoms in total. The minimum atomic E-state index is -0.709. The van der Waals surface area contributed by atoms with Gasteiger partial charge in [0, 0.05) is 42.6 Å². The molecule has 33 heavy (non-hydrogen) atoms. The fourth-order valence-electron chi connectivity index (χ4n) is 3.99. The predicted octanol–water partition coefficient (Wildman–Crippen LogP) is 2.69. The van der Waals surface area contributed by atoms with E-state index in [1.807, 2.05) is 30.3 Å². The van der Waals surface area contributed by atoms with Crippen LogP contribution in [0.15, 0.2) is 67.0 Å². The molecule has 1 aliphatic heterocycles. The first-order valence-corrected chi connectivity index (χ1v) is 10.6. The van der Waals surface area contributed by atoms with Gasteiger partial charge >= 0.3 is 0 Å².